The Morgan fingerprint density at radius 1 is 0.587 bits per heavy atom. The SMILES string of the molecule is CC(=O)Oc1cccn1C.CC1C(=O)N(C)C(=O)N1C.CCN1C(=O)N(C)C(=O)C1Oc1ccccc1.CN1CCOCC1.CNC(=O)c1nccn1C.Cc1cc(C)n(C)n1.Cc1ccnn1C.Cc1cn(C)c(-c2ccccc2)n1.Cc1nccn1C.Cc1nn(C)cc1Br.Cn1ccc(-c2ccccc2)n1. The number of carbonyl (C=O) groups excluding carboxylic acids is 6. The number of urea groups is 2. The summed E-state index contributed by atoms with van der Waals surface area (Å²) in [5, 5.41) is 18.9. The van der Waals surface area contributed by atoms with Gasteiger partial charge >= 0.3 is 18.0 Å². The van der Waals surface area contributed by atoms with Crippen molar-refractivity contribution >= 4 is 51.7 Å². The predicted molar refractivity (Wildman–Crippen MR) is 425 cm³/mol. The minimum Gasteiger partial charge on any atom is -0.461 e. The van der Waals surface area contributed by atoms with Gasteiger partial charge in [0.05, 0.1) is 40.5 Å². The summed E-state index contributed by atoms with van der Waals surface area (Å²) >= 11 is 3.33. The van der Waals surface area contributed by atoms with Crippen molar-refractivity contribution < 1.29 is 43.0 Å². The molecule has 2 unspecified atom stereocenters. The van der Waals surface area contributed by atoms with Crippen molar-refractivity contribution in [3.05, 3.63) is 222 Å². The molecule has 31 heteroatoms. The van der Waals surface area contributed by atoms with Gasteiger partial charge in [0.15, 0.2) is 5.82 Å². The van der Waals surface area contributed by atoms with Gasteiger partial charge in [-0.25, -0.2) is 24.5 Å². The number of nitrogens with one attached hydrogen (secondary N) is 1. The number of ether oxygens (including phenoxy) is 3. The number of amides is 7. The van der Waals surface area contributed by atoms with Gasteiger partial charge in [-0.15, -0.1) is 0 Å². The number of para-hydroxylation sites is 1. The number of likely N-dealkylation sites (N-methyl/N-ethyl adjacent to an activating group) is 5. The molecule has 0 saturated carbocycles. The lowest BCUT2D eigenvalue weighted by Gasteiger charge is -2.21. The minimum absolute atomic E-state index is 0.132. The molecule has 0 aliphatic carbocycles. The Morgan fingerprint density at radius 3 is 1.50 bits per heavy atom. The van der Waals surface area contributed by atoms with E-state index < -0.39 is 6.23 Å². The van der Waals surface area contributed by atoms with Gasteiger partial charge in [0.2, 0.25) is 5.88 Å². The quantitative estimate of drug-likeness (QED) is 0.115. The molecule has 11 heterocycles. The van der Waals surface area contributed by atoms with E-state index >= 15 is 0 Å². The number of imidazole rings is 3. The predicted octanol–water partition coefficient (Wildman–Crippen LogP) is 10.4. The highest BCUT2D eigenvalue weighted by atomic mass is 79.9. The molecular formula is C78H108BrN21O9. The fraction of sp³-hybridized carbons (Fsp3) is 0.372. The summed E-state index contributed by atoms with van der Waals surface area (Å²) < 4.78 is 31.2. The number of esters is 1. The summed E-state index contributed by atoms with van der Waals surface area (Å²) in [4.78, 5) is 86.4. The maximum Gasteiger partial charge on any atom is 0.329 e. The van der Waals surface area contributed by atoms with Crippen molar-refractivity contribution in [2.75, 3.05) is 68.1 Å². The molecule has 0 radical (unpaired) electrons. The lowest BCUT2D eigenvalue weighted by Crippen LogP contribution is -2.39. The number of nitrogens with zero attached hydrogens (tertiary/aromatic N) is 20. The summed E-state index contributed by atoms with van der Waals surface area (Å²) in [5.74, 6) is 2.75. The number of rotatable bonds is 7. The second-order valence-electron chi connectivity index (χ2n) is 25.0. The Bertz CT molecular complexity index is 4350. The van der Waals surface area contributed by atoms with Crippen LogP contribution in [0, 0.1) is 41.5 Å². The van der Waals surface area contributed by atoms with E-state index in [9.17, 15) is 28.8 Å². The number of carbonyl (C=O) groups is 6. The van der Waals surface area contributed by atoms with Crippen molar-refractivity contribution in [1.82, 2.24) is 102 Å². The lowest BCUT2D eigenvalue weighted by atomic mass is 10.2. The second kappa shape index (κ2) is 45.8. The number of halogens is 1. The molecule has 0 bridgehead atoms. The van der Waals surface area contributed by atoms with E-state index in [4.69, 9.17) is 14.2 Å². The number of hydrogen-bond donors (Lipinski definition) is 1. The molecule has 586 valence electrons. The molecule has 0 spiro atoms. The van der Waals surface area contributed by atoms with Gasteiger partial charge in [0.25, 0.3) is 23.9 Å². The second-order valence-corrected chi connectivity index (χ2v) is 25.9. The number of morpholine rings is 1. The molecule has 14 rings (SSSR count). The molecule has 7 amide bonds. The Labute approximate surface area is 648 Å². The van der Waals surface area contributed by atoms with Crippen LogP contribution in [0.1, 0.15) is 65.7 Å². The highest BCUT2D eigenvalue weighted by Crippen LogP contribution is 2.22. The smallest absolute Gasteiger partial charge is 0.329 e. The third kappa shape index (κ3) is 30.0. The molecular weight excluding hydrogens is 1450 g/mol. The summed E-state index contributed by atoms with van der Waals surface area (Å²) in [6.45, 7) is 21.4. The highest BCUT2D eigenvalue weighted by molar-refractivity contribution is 9.10. The molecule has 30 nitrogen and oxygen atoms in total. The number of benzene rings is 3. The van der Waals surface area contributed by atoms with E-state index in [1.807, 2.05) is 225 Å². The summed E-state index contributed by atoms with van der Waals surface area (Å²) in [5.41, 5.74) is 8.94. The van der Waals surface area contributed by atoms with Crippen molar-refractivity contribution in [3.8, 4) is 34.3 Å². The van der Waals surface area contributed by atoms with E-state index in [2.05, 4.69) is 98.9 Å². The van der Waals surface area contributed by atoms with E-state index in [1.54, 1.807) is 84.9 Å². The van der Waals surface area contributed by atoms with Crippen LogP contribution in [0.5, 0.6) is 11.6 Å². The summed E-state index contributed by atoms with van der Waals surface area (Å²) in [6, 6.07) is 38.1. The normalized spacial score (nSPS) is 13.9. The average Bonchev–Trinajstić information content (AvgIpc) is 1.60. The zero-order valence-corrected chi connectivity index (χ0v) is 68.5. The first-order chi connectivity index (χ1) is 51.7. The first kappa shape index (κ1) is 89.8. The molecule has 3 aliphatic rings. The van der Waals surface area contributed by atoms with Crippen LogP contribution in [0.25, 0.3) is 22.6 Å². The zero-order valence-electron chi connectivity index (χ0n) is 66.9. The minimum atomic E-state index is -0.847. The van der Waals surface area contributed by atoms with E-state index in [-0.39, 0.29) is 41.8 Å². The Morgan fingerprint density at radius 2 is 1.17 bits per heavy atom. The van der Waals surface area contributed by atoms with Crippen LogP contribution in [0.4, 0.5) is 9.59 Å². The van der Waals surface area contributed by atoms with Crippen molar-refractivity contribution in [2.24, 2.45) is 56.4 Å². The van der Waals surface area contributed by atoms with Crippen LogP contribution in [0.2, 0.25) is 0 Å². The van der Waals surface area contributed by atoms with E-state index in [1.165, 1.54) is 42.2 Å². The Kier molecular flexibility index (Phi) is 37.8. The molecule has 11 aromatic rings. The monoisotopic (exact) mass is 1560 g/mol. The van der Waals surface area contributed by atoms with Gasteiger partial charge in [0.1, 0.15) is 23.4 Å². The zero-order chi connectivity index (χ0) is 81.0. The van der Waals surface area contributed by atoms with Crippen LogP contribution in [-0.4, -0.2) is 213 Å². The van der Waals surface area contributed by atoms with E-state index in [0.717, 1.165) is 86.1 Å². The lowest BCUT2D eigenvalue weighted by molar-refractivity contribution is -0.134. The van der Waals surface area contributed by atoms with Crippen LogP contribution in [0.3, 0.4) is 0 Å². The van der Waals surface area contributed by atoms with Crippen LogP contribution in [-0.2, 0) is 75.5 Å². The van der Waals surface area contributed by atoms with Crippen LogP contribution >= 0.6 is 15.9 Å². The fourth-order valence-corrected chi connectivity index (χ4v) is 9.94. The van der Waals surface area contributed by atoms with E-state index in [0.29, 0.717) is 24.0 Å². The van der Waals surface area contributed by atoms with Crippen LogP contribution < -0.4 is 14.8 Å². The topological polar surface area (TPSA) is 288 Å². The molecule has 3 aliphatic heterocycles. The maximum atomic E-state index is 11.8. The number of aromatic nitrogens is 15. The number of aryl methyl sites for hydroxylation is 14. The Balaban J connectivity index is 0.000000256. The van der Waals surface area contributed by atoms with Gasteiger partial charge in [-0.3, -0.25) is 52.6 Å². The van der Waals surface area contributed by atoms with Crippen LogP contribution in [0.15, 0.2) is 182 Å². The standard InChI is InChI=1S/C12H14N2O3.C11H12N2.C10H10N2.C7H9NO2.C6H9N3O.C6H10N2O2.C6H10N2.C5H7BrN2.2C5H8N2.C5H11NO/c1-3-14-11(10(15)13(2)12(14)16)17-9-7-5-4-6-8-9;1-9-8-13(2)11(12-9)10-6-4-3-5-7-10;1-12-8-7-10(11-12)9-5-3-2-4-6-9;1-6(9)10-7-4-3-5-8(7)2;1-7-6(10)5-8-3-4-9(5)2;1-4-5(9)8(3)6(10)7(4)2;1-5-4-6(2)8(3)7-5;1-4-5(6)3-8(2)7-4;1-5-6-3-4-7(5)2;1-5-3-4-6-7(5)2;1-6-2-4-7-5-3-6/h4-8,11H,3H2,1-2H3;3-8H,1-2H3;2-8H,1H3;3-5H,1-2H3;3-4H,1-2H3,(H,7,10);4H,1-3H3;4H,1-3H3;3H,1-2H3;2*3-4H,1-2H3;2-5H2,1H3. The molecule has 8 aromatic heterocycles. The third-order valence-electron chi connectivity index (χ3n) is 16.3. The Hall–Kier alpha value is -11.6. The number of imide groups is 2. The van der Waals surface area contributed by atoms with Gasteiger partial charge in [0, 0.05) is 195 Å². The summed E-state index contributed by atoms with van der Waals surface area (Å²) in [6.07, 6.45) is 15.7. The highest BCUT2D eigenvalue weighted by Gasteiger charge is 2.44. The van der Waals surface area contributed by atoms with Crippen molar-refractivity contribution in [1.29, 1.82) is 0 Å². The third-order valence-corrected chi connectivity index (χ3v) is 17.1. The molecule has 3 saturated heterocycles. The van der Waals surface area contributed by atoms with Gasteiger partial charge in [-0.2, -0.15) is 20.4 Å². The van der Waals surface area contributed by atoms with Crippen molar-refractivity contribution in [2.45, 2.75) is 74.6 Å². The molecule has 3 fully saturated rings. The maximum absolute atomic E-state index is 11.8. The molecule has 109 heavy (non-hydrogen) atoms. The number of hydrogen-bond acceptors (Lipinski definition) is 17. The van der Waals surface area contributed by atoms with Gasteiger partial charge in [-0.1, -0.05) is 78.9 Å². The summed E-state index contributed by atoms with van der Waals surface area (Å²) in [7, 11) is 23.5. The fourth-order valence-electron chi connectivity index (χ4n) is 9.56. The molecule has 1 N–H and O–H groups in total. The first-order valence-electron chi connectivity index (χ1n) is 34.9. The van der Waals surface area contributed by atoms with Gasteiger partial charge in [-0.05, 0) is 115 Å². The van der Waals surface area contributed by atoms with Gasteiger partial charge < -0.3 is 47.6 Å². The average molecular weight is 1560 g/mol. The molecule has 3 aromatic carbocycles. The first-order valence-corrected chi connectivity index (χ1v) is 35.7. The van der Waals surface area contributed by atoms with Crippen molar-refractivity contribution in [3.63, 3.8) is 0 Å². The largest absolute Gasteiger partial charge is 0.461 e. The molecule has 2 atom stereocenters.